The first kappa shape index (κ1) is 47.2. The van der Waals surface area contributed by atoms with Gasteiger partial charge in [-0.2, -0.15) is 0 Å². The Morgan fingerprint density at radius 3 is 1.57 bits per heavy atom. The van der Waals surface area contributed by atoms with Gasteiger partial charge in [0.15, 0.2) is 6.10 Å². The lowest BCUT2D eigenvalue weighted by Gasteiger charge is -2.20. The van der Waals surface area contributed by atoms with Crippen molar-refractivity contribution in [2.45, 2.75) is 187 Å². The van der Waals surface area contributed by atoms with Crippen molar-refractivity contribution in [3.05, 3.63) is 12.2 Å². The minimum Gasteiger partial charge on any atom is -0.480 e. The second-order valence-corrected chi connectivity index (χ2v) is 14.5. The standard InChI is InChI=1S/C37H70NO10P/c1-3-5-7-9-11-13-15-16-17-18-19-21-22-24-26-28-35(39)45-30-33(31-46-49(43,44)47-32-34(38)37(41)42)48-36(40)29-27-25-23-20-14-12-10-8-6-4-2/h8,10,33-34H,3-7,9,11-32,38H2,1-2H3,(H,41,42)(H,43,44)/b10-8-. The van der Waals surface area contributed by atoms with Gasteiger partial charge in [0.05, 0.1) is 13.2 Å². The summed E-state index contributed by atoms with van der Waals surface area (Å²) >= 11 is 0. The molecule has 0 aromatic carbocycles. The molecule has 0 aromatic rings. The Hall–Kier alpha value is -1.78. The van der Waals surface area contributed by atoms with E-state index in [1.54, 1.807) is 0 Å². The highest BCUT2D eigenvalue weighted by molar-refractivity contribution is 7.47. The van der Waals surface area contributed by atoms with Gasteiger partial charge in [-0.05, 0) is 32.1 Å². The van der Waals surface area contributed by atoms with Crippen LogP contribution in [0, 0.1) is 0 Å². The van der Waals surface area contributed by atoms with Crippen LogP contribution in [0.25, 0.3) is 0 Å². The highest BCUT2D eigenvalue weighted by atomic mass is 31.2. The number of hydrogen-bond acceptors (Lipinski definition) is 9. The van der Waals surface area contributed by atoms with Crippen molar-refractivity contribution in [1.29, 1.82) is 0 Å². The van der Waals surface area contributed by atoms with Crippen LogP contribution >= 0.6 is 7.82 Å². The van der Waals surface area contributed by atoms with Crippen LogP contribution in [-0.4, -0.2) is 59.9 Å². The maximum absolute atomic E-state index is 12.5. The van der Waals surface area contributed by atoms with Crippen LogP contribution in [0.4, 0.5) is 0 Å². The fourth-order valence-corrected chi connectivity index (χ4v) is 5.96. The first-order valence-electron chi connectivity index (χ1n) is 19.2. The topological polar surface area (TPSA) is 172 Å². The molecule has 0 radical (unpaired) electrons. The van der Waals surface area contributed by atoms with Crippen molar-refractivity contribution in [3.63, 3.8) is 0 Å². The summed E-state index contributed by atoms with van der Waals surface area (Å²) in [5, 5.41) is 8.85. The van der Waals surface area contributed by atoms with Crippen molar-refractivity contribution < 1.29 is 47.5 Å². The van der Waals surface area contributed by atoms with Crippen molar-refractivity contribution in [3.8, 4) is 0 Å². The zero-order chi connectivity index (χ0) is 36.4. The lowest BCUT2D eigenvalue weighted by Crippen LogP contribution is -2.34. The number of ether oxygens (including phenoxy) is 2. The number of hydrogen-bond donors (Lipinski definition) is 3. The Morgan fingerprint density at radius 2 is 1.06 bits per heavy atom. The fourth-order valence-electron chi connectivity index (χ4n) is 5.18. The first-order valence-corrected chi connectivity index (χ1v) is 20.7. The van der Waals surface area contributed by atoms with Crippen molar-refractivity contribution in [1.82, 2.24) is 0 Å². The predicted octanol–water partition coefficient (Wildman–Crippen LogP) is 9.34. The molecule has 49 heavy (non-hydrogen) atoms. The number of esters is 2. The maximum Gasteiger partial charge on any atom is 0.472 e. The molecule has 0 spiro atoms. The Kier molecular flexibility index (Phi) is 32.2. The third-order valence-corrected chi connectivity index (χ3v) is 9.20. The number of rotatable bonds is 36. The molecular weight excluding hydrogens is 649 g/mol. The van der Waals surface area contributed by atoms with Gasteiger partial charge in [0.1, 0.15) is 12.6 Å². The van der Waals surface area contributed by atoms with Gasteiger partial charge < -0.3 is 25.2 Å². The maximum atomic E-state index is 12.5. The monoisotopic (exact) mass is 719 g/mol. The van der Waals surface area contributed by atoms with E-state index in [0.717, 1.165) is 64.2 Å². The van der Waals surface area contributed by atoms with Gasteiger partial charge in [-0.25, -0.2) is 4.57 Å². The van der Waals surface area contributed by atoms with Crippen molar-refractivity contribution >= 4 is 25.7 Å². The number of nitrogens with two attached hydrogens (primary N) is 1. The fraction of sp³-hybridized carbons (Fsp3) is 0.865. The number of carboxylic acid groups (broad SMARTS) is 1. The van der Waals surface area contributed by atoms with Gasteiger partial charge in [-0.15, -0.1) is 0 Å². The molecule has 0 aliphatic heterocycles. The van der Waals surface area contributed by atoms with E-state index < -0.39 is 51.1 Å². The third-order valence-electron chi connectivity index (χ3n) is 8.24. The molecule has 0 saturated carbocycles. The highest BCUT2D eigenvalue weighted by Crippen LogP contribution is 2.43. The number of unbranched alkanes of at least 4 members (excludes halogenated alkanes) is 20. The Bertz CT molecular complexity index is 900. The van der Waals surface area contributed by atoms with Gasteiger partial charge in [-0.3, -0.25) is 23.4 Å². The molecule has 0 heterocycles. The van der Waals surface area contributed by atoms with E-state index in [0.29, 0.717) is 12.8 Å². The van der Waals surface area contributed by atoms with Crippen LogP contribution in [0.2, 0.25) is 0 Å². The van der Waals surface area contributed by atoms with E-state index in [9.17, 15) is 23.8 Å². The summed E-state index contributed by atoms with van der Waals surface area (Å²) in [6, 6.07) is -1.52. The zero-order valence-electron chi connectivity index (χ0n) is 30.8. The average molecular weight is 720 g/mol. The van der Waals surface area contributed by atoms with E-state index in [1.807, 2.05) is 0 Å². The first-order chi connectivity index (χ1) is 23.6. The average Bonchev–Trinajstić information content (AvgIpc) is 3.07. The highest BCUT2D eigenvalue weighted by Gasteiger charge is 2.28. The van der Waals surface area contributed by atoms with E-state index in [2.05, 4.69) is 30.5 Å². The summed E-state index contributed by atoms with van der Waals surface area (Å²) in [5.74, 6) is -2.39. The van der Waals surface area contributed by atoms with E-state index >= 15 is 0 Å². The van der Waals surface area contributed by atoms with Crippen LogP contribution in [0.15, 0.2) is 12.2 Å². The molecule has 12 heteroatoms. The second-order valence-electron chi connectivity index (χ2n) is 13.1. The summed E-state index contributed by atoms with van der Waals surface area (Å²) in [7, 11) is -4.70. The van der Waals surface area contributed by atoms with Crippen molar-refractivity contribution in [2.24, 2.45) is 5.73 Å². The van der Waals surface area contributed by atoms with E-state index in [-0.39, 0.29) is 19.4 Å². The number of allylic oxidation sites excluding steroid dienone is 2. The minimum atomic E-state index is -4.70. The van der Waals surface area contributed by atoms with Crippen LogP contribution in [0.5, 0.6) is 0 Å². The number of carbonyl (C=O) groups excluding carboxylic acids is 2. The summed E-state index contributed by atoms with van der Waals surface area (Å²) < 4.78 is 32.5. The van der Waals surface area contributed by atoms with Gasteiger partial charge in [0, 0.05) is 12.8 Å². The molecular formula is C37H70NO10P. The van der Waals surface area contributed by atoms with Crippen LogP contribution in [0.3, 0.4) is 0 Å². The Balaban J connectivity index is 4.38. The number of phosphoric acid groups is 1. The minimum absolute atomic E-state index is 0.153. The number of carbonyl (C=O) groups is 3. The summed E-state index contributed by atoms with van der Waals surface area (Å²) in [4.78, 5) is 45.7. The van der Waals surface area contributed by atoms with E-state index in [1.165, 1.54) is 70.6 Å². The molecule has 0 aliphatic carbocycles. The van der Waals surface area contributed by atoms with Crippen LogP contribution in [-0.2, 0) is 37.5 Å². The van der Waals surface area contributed by atoms with Gasteiger partial charge in [-0.1, -0.05) is 142 Å². The second kappa shape index (κ2) is 33.4. The Morgan fingerprint density at radius 1 is 0.612 bits per heavy atom. The number of aliphatic carboxylic acids is 1. The molecule has 0 fully saturated rings. The SMILES string of the molecule is CCC/C=C\CCCCCCCC(=O)OC(COC(=O)CCCCCCCCCCCCCCCCC)COP(=O)(O)OCC(N)C(=O)O. The lowest BCUT2D eigenvalue weighted by atomic mass is 10.0. The molecule has 288 valence electrons. The predicted molar refractivity (Wildman–Crippen MR) is 194 cm³/mol. The molecule has 3 unspecified atom stereocenters. The molecule has 3 atom stereocenters. The third kappa shape index (κ3) is 33.1. The molecule has 11 nitrogen and oxygen atoms in total. The summed E-state index contributed by atoms with van der Waals surface area (Å²) in [6.07, 6.45) is 30.0. The molecule has 0 amide bonds. The molecule has 0 saturated heterocycles. The zero-order valence-corrected chi connectivity index (χ0v) is 31.7. The van der Waals surface area contributed by atoms with Crippen LogP contribution < -0.4 is 5.73 Å². The quantitative estimate of drug-likeness (QED) is 0.0244. The number of carboxylic acids is 1. The van der Waals surface area contributed by atoms with Gasteiger partial charge in [0.25, 0.3) is 0 Å². The van der Waals surface area contributed by atoms with Gasteiger partial charge in [0.2, 0.25) is 0 Å². The van der Waals surface area contributed by atoms with E-state index in [4.69, 9.17) is 24.8 Å². The normalized spacial score (nSPS) is 14.0. The molecule has 0 aliphatic rings. The summed E-state index contributed by atoms with van der Waals surface area (Å²) in [6.45, 7) is 2.72. The number of phosphoric ester groups is 1. The van der Waals surface area contributed by atoms with Crippen LogP contribution in [0.1, 0.15) is 174 Å². The molecule has 0 bridgehead atoms. The largest absolute Gasteiger partial charge is 0.480 e. The van der Waals surface area contributed by atoms with Gasteiger partial charge >= 0.3 is 25.7 Å². The lowest BCUT2D eigenvalue weighted by molar-refractivity contribution is -0.161. The smallest absolute Gasteiger partial charge is 0.472 e. The van der Waals surface area contributed by atoms with Crippen molar-refractivity contribution in [2.75, 3.05) is 19.8 Å². The molecule has 4 N–H and O–H groups in total. The molecule has 0 aromatic heterocycles. The Labute approximate surface area is 297 Å². The summed E-state index contributed by atoms with van der Waals surface area (Å²) in [5.41, 5.74) is 5.31. The molecule has 0 rings (SSSR count).